The lowest BCUT2D eigenvalue weighted by atomic mass is 9.89. The first-order chi connectivity index (χ1) is 12.5. The second kappa shape index (κ2) is 7.86. The summed E-state index contributed by atoms with van der Waals surface area (Å²) in [6, 6.07) is 11.1. The van der Waals surface area contributed by atoms with Gasteiger partial charge in [0.2, 0.25) is 0 Å². The Hall–Kier alpha value is -2.41. The van der Waals surface area contributed by atoms with Crippen LogP contribution in [0.4, 0.5) is 0 Å². The van der Waals surface area contributed by atoms with Crippen LogP contribution in [0, 0.1) is 5.92 Å². The molecule has 138 valence electrons. The molecule has 1 atom stereocenters. The van der Waals surface area contributed by atoms with Gasteiger partial charge in [0, 0.05) is 5.71 Å². The molecule has 1 N–H and O–H groups in total. The fourth-order valence-electron chi connectivity index (χ4n) is 2.99. The van der Waals surface area contributed by atoms with Crippen LogP contribution in [0.1, 0.15) is 48.9 Å². The molecule has 1 amide bonds. The summed E-state index contributed by atoms with van der Waals surface area (Å²) in [6.45, 7) is 2.10. The highest BCUT2D eigenvalue weighted by molar-refractivity contribution is 7.90. The Bertz CT molecular complexity index is 901. The minimum atomic E-state index is -3.52. The molecule has 7 heteroatoms. The van der Waals surface area contributed by atoms with Gasteiger partial charge in [-0.1, -0.05) is 31.5 Å². The third kappa shape index (κ3) is 4.40. The first kappa shape index (κ1) is 18.4. The molecule has 1 fully saturated rings. The summed E-state index contributed by atoms with van der Waals surface area (Å²) in [7, 11) is -3.52. The predicted molar refractivity (Wildman–Crippen MR) is 98.6 cm³/mol. The lowest BCUT2D eigenvalue weighted by Gasteiger charge is -2.19. The van der Waals surface area contributed by atoms with E-state index < -0.39 is 15.7 Å². The Morgan fingerprint density at radius 1 is 1.19 bits per heavy atom. The number of hydrogen-bond acceptors (Lipinski definition) is 5. The molecule has 0 bridgehead atoms. The third-order valence-electron chi connectivity index (χ3n) is 4.51. The summed E-state index contributed by atoms with van der Waals surface area (Å²) in [4.78, 5) is 12.4. The second-order valence-electron chi connectivity index (χ2n) is 6.53. The first-order valence-electron chi connectivity index (χ1n) is 8.69. The third-order valence-corrected chi connectivity index (χ3v) is 6.16. The number of furan rings is 1. The van der Waals surface area contributed by atoms with Gasteiger partial charge in [-0.15, -0.1) is 0 Å². The van der Waals surface area contributed by atoms with Crippen molar-refractivity contribution in [1.82, 2.24) is 5.43 Å². The summed E-state index contributed by atoms with van der Waals surface area (Å²) in [5, 5.41) is 4.21. The number of hydrazone groups is 1. The van der Waals surface area contributed by atoms with E-state index in [9.17, 15) is 13.2 Å². The smallest absolute Gasteiger partial charge is 0.307 e. The van der Waals surface area contributed by atoms with E-state index in [2.05, 4.69) is 17.5 Å². The van der Waals surface area contributed by atoms with Crippen LogP contribution in [0.25, 0.3) is 0 Å². The van der Waals surface area contributed by atoms with Gasteiger partial charge < -0.3 is 4.42 Å². The SMILES string of the molecule is C[C@H]1CCCCC1=NNC(=O)c1ccc(CS(=O)(=O)c2ccccc2)o1. The molecule has 1 heterocycles. The molecule has 2 aromatic rings. The number of hydrogen-bond donors (Lipinski definition) is 1. The van der Waals surface area contributed by atoms with E-state index >= 15 is 0 Å². The van der Waals surface area contributed by atoms with Gasteiger partial charge in [0.25, 0.3) is 0 Å². The summed E-state index contributed by atoms with van der Waals surface area (Å²) in [5.41, 5.74) is 3.50. The molecule has 1 aliphatic rings. The van der Waals surface area contributed by atoms with Crippen molar-refractivity contribution in [3.8, 4) is 0 Å². The number of benzene rings is 1. The first-order valence-corrected chi connectivity index (χ1v) is 10.3. The van der Waals surface area contributed by atoms with E-state index in [-0.39, 0.29) is 22.2 Å². The van der Waals surface area contributed by atoms with Crippen LogP contribution in [0.2, 0.25) is 0 Å². The van der Waals surface area contributed by atoms with E-state index in [4.69, 9.17) is 4.42 Å². The Kier molecular flexibility index (Phi) is 5.56. The maximum absolute atomic E-state index is 12.4. The maximum Gasteiger partial charge on any atom is 0.307 e. The highest BCUT2D eigenvalue weighted by atomic mass is 32.2. The zero-order valence-corrected chi connectivity index (χ0v) is 15.5. The largest absolute Gasteiger partial charge is 0.455 e. The molecule has 1 aromatic carbocycles. The molecule has 1 saturated carbocycles. The molecule has 0 saturated heterocycles. The number of carbonyl (C=O) groups excluding carboxylic acids is 1. The standard InChI is InChI=1S/C19H22N2O4S/c1-14-7-5-6-10-17(14)20-21-19(22)18-12-11-15(25-18)13-26(23,24)16-8-3-2-4-9-16/h2-4,8-9,11-12,14H,5-7,10,13H2,1H3,(H,21,22)/t14-/m0/s1. The molecule has 1 aliphatic carbocycles. The van der Waals surface area contributed by atoms with E-state index in [0.717, 1.165) is 25.0 Å². The van der Waals surface area contributed by atoms with E-state index in [0.29, 0.717) is 5.92 Å². The minimum Gasteiger partial charge on any atom is -0.455 e. The molecule has 1 aromatic heterocycles. The lowest BCUT2D eigenvalue weighted by Crippen LogP contribution is -2.24. The second-order valence-corrected chi connectivity index (χ2v) is 8.52. The average molecular weight is 374 g/mol. The van der Waals surface area contributed by atoms with Crippen molar-refractivity contribution >= 4 is 21.5 Å². The Morgan fingerprint density at radius 2 is 1.96 bits per heavy atom. The van der Waals surface area contributed by atoms with Gasteiger partial charge in [-0.05, 0) is 49.4 Å². The van der Waals surface area contributed by atoms with Crippen molar-refractivity contribution in [2.45, 2.75) is 43.3 Å². The van der Waals surface area contributed by atoms with Gasteiger partial charge in [0.15, 0.2) is 15.6 Å². The minimum absolute atomic E-state index is 0.0519. The van der Waals surface area contributed by atoms with Gasteiger partial charge in [-0.3, -0.25) is 4.79 Å². The number of nitrogens with one attached hydrogen (secondary N) is 1. The summed E-state index contributed by atoms with van der Waals surface area (Å²) >= 11 is 0. The van der Waals surface area contributed by atoms with Gasteiger partial charge in [-0.2, -0.15) is 5.10 Å². The van der Waals surface area contributed by atoms with Gasteiger partial charge in [-0.25, -0.2) is 13.8 Å². The van der Waals surface area contributed by atoms with E-state index in [1.165, 1.54) is 30.7 Å². The highest BCUT2D eigenvalue weighted by Crippen LogP contribution is 2.21. The van der Waals surface area contributed by atoms with Gasteiger partial charge in [0.05, 0.1) is 4.90 Å². The van der Waals surface area contributed by atoms with Gasteiger partial charge in [0.1, 0.15) is 11.5 Å². The molecule has 3 rings (SSSR count). The highest BCUT2D eigenvalue weighted by Gasteiger charge is 2.20. The van der Waals surface area contributed by atoms with Crippen LogP contribution in [-0.2, 0) is 15.6 Å². The van der Waals surface area contributed by atoms with Crippen LogP contribution in [0.5, 0.6) is 0 Å². The summed E-state index contributed by atoms with van der Waals surface area (Å²) in [6.07, 6.45) is 4.24. The zero-order chi connectivity index (χ0) is 18.6. The molecular formula is C19H22N2O4S. The monoisotopic (exact) mass is 374 g/mol. The molecule has 0 radical (unpaired) electrons. The molecule has 0 spiro atoms. The lowest BCUT2D eigenvalue weighted by molar-refractivity contribution is 0.0925. The molecule has 0 unspecified atom stereocenters. The number of sulfone groups is 1. The van der Waals surface area contributed by atoms with E-state index in [1.807, 2.05) is 0 Å². The predicted octanol–water partition coefficient (Wildman–Crippen LogP) is 3.55. The van der Waals surface area contributed by atoms with Crippen LogP contribution in [-0.4, -0.2) is 20.0 Å². The normalized spacial score (nSPS) is 19.4. The van der Waals surface area contributed by atoms with E-state index in [1.54, 1.807) is 18.2 Å². The van der Waals surface area contributed by atoms with Crippen LogP contribution < -0.4 is 5.43 Å². The number of rotatable bonds is 5. The average Bonchev–Trinajstić information content (AvgIpc) is 3.09. The molecule has 6 nitrogen and oxygen atoms in total. The number of carbonyl (C=O) groups is 1. The number of nitrogens with zero attached hydrogens (tertiary/aromatic N) is 1. The Balaban J connectivity index is 1.66. The van der Waals surface area contributed by atoms with Crippen molar-refractivity contribution in [2.24, 2.45) is 11.0 Å². The van der Waals surface area contributed by atoms with Crippen molar-refractivity contribution in [3.05, 3.63) is 54.0 Å². The number of amides is 1. The zero-order valence-electron chi connectivity index (χ0n) is 14.6. The maximum atomic E-state index is 12.4. The molecular weight excluding hydrogens is 352 g/mol. The van der Waals surface area contributed by atoms with Crippen LogP contribution in [0.3, 0.4) is 0 Å². The molecule has 0 aliphatic heterocycles. The van der Waals surface area contributed by atoms with Gasteiger partial charge >= 0.3 is 5.91 Å². The van der Waals surface area contributed by atoms with Crippen LogP contribution >= 0.6 is 0 Å². The Labute approximate surface area is 153 Å². The Morgan fingerprint density at radius 3 is 2.69 bits per heavy atom. The summed E-state index contributed by atoms with van der Waals surface area (Å²) < 4.78 is 30.1. The fourth-order valence-corrected chi connectivity index (χ4v) is 4.26. The van der Waals surface area contributed by atoms with Crippen molar-refractivity contribution in [3.63, 3.8) is 0 Å². The fraction of sp³-hybridized carbons (Fsp3) is 0.368. The van der Waals surface area contributed by atoms with Crippen molar-refractivity contribution < 1.29 is 17.6 Å². The van der Waals surface area contributed by atoms with Crippen molar-refractivity contribution in [2.75, 3.05) is 0 Å². The quantitative estimate of drug-likeness (QED) is 0.811. The van der Waals surface area contributed by atoms with Crippen molar-refractivity contribution in [1.29, 1.82) is 0 Å². The van der Waals surface area contributed by atoms with Crippen LogP contribution in [0.15, 0.2) is 56.9 Å². The molecule has 26 heavy (non-hydrogen) atoms. The summed E-state index contributed by atoms with van der Waals surface area (Å²) in [5.74, 6) is -0.129. The topological polar surface area (TPSA) is 88.7 Å².